The highest BCUT2D eigenvalue weighted by Crippen LogP contribution is 2.32. The molecule has 2 aromatic heterocycles. The molecule has 0 spiro atoms. The SMILES string of the molecule is O=C(CSc1nnc(SCc2ccccc2Cl)s1)N/N=C/c1ccc(Br)s1. The molecule has 27 heavy (non-hydrogen) atoms. The van der Waals surface area contributed by atoms with Crippen LogP contribution < -0.4 is 5.43 Å². The van der Waals surface area contributed by atoms with Crippen molar-refractivity contribution in [2.45, 2.75) is 14.4 Å². The van der Waals surface area contributed by atoms with E-state index in [1.165, 1.54) is 34.4 Å². The molecule has 1 N–H and O–H groups in total. The van der Waals surface area contributed by atoms with Gasteiger partial charge < -0.3 is 0 Å². The summed E-state index contributed by atoms with van der Waals surface area (Å²) in [6.45, 7) is 0. The molecule has 0 bridgehead atoms. The number of nitrogens with zero attached hydrogens (tertiary/aromatic N) is 3. The second kappa shape index (κ2) is 10.6. The predicted octanol–water partition coefficient (Wildman–Crippen LogP) is 5.55. The van der Waals surface area contributed by atoms with Crippen LogP contribution in [0.2, 0.25) is 5.02 Å². The fraction of sp³-hybridized carbons (Fsp3) is 0.125. The number of carbonyl (C=O) groups is 1. The number of hydrazone groups is 1. The van der Waals surface area contributed by atoms with Crippen molar-refractivity contribution in [1.29, 1.82) is 0 Å². The van der Waals surface area contributed by atoms with E-state index in [0.717, 1.165) is 33.7 Å². The minimum Gasteiger partial charge on any atom is -0.272 e. The van der Waals surface area contributed by atoms with E-state index >= 15 is 0 Å². The van der Waals surface area contributed by atoms with Gasteiger partial charge in [0.1, 0.15) is 0 Å². The maximum Gasteiger partial charge on any atom is 0.250 e. The average molecular weight is 520 g/mol. The molecule has 5 nitrogen and oxygen atoms in total. The van der Waals surface area contributed by atoms with Crippen LogP contribution in [0, 0.1) is 0 Å². The fourth-order valence-electron chi connectivity index (χ4n) is 1.79. The van der Waals surface area contributed by atoms with Crippen LogP contribution in [0.4, 0.5) is 0 Å². The Morgan fingerprint density at radius 2 is 1.96 bits per heavy atom. The fourth-order valence-corrected chi connectivity index (χ4v) is 6.19. The normalized spacial score (nSPS) is 11.2. The van der Waals surface area contributed by atoms with Gasteiger partial charge in [0.15, 0.2) is 8.68 Å². The number of rotatable bonds is 8. The van der Waals surface area contributed by atoms with Gasteiger partial charge in [0.05, 0.1) is 15.8 Å². The number of thioether (sulfide) groups is 2. The van der Waals surface area contributed by atoms with Crippen LogP contribution in [0.25, 0.3) is 0 Å². The van der Waals surface area contributed by atoms with Crippen LogP contribution in [-0.4, -0.2) is 28.1 Å². The van der Waals surface area contributed by atoms with E-state index in [-0.39, 0.29) is 11.7 Å². The maximum absolute atomic E-state index is 11.9. The van der Waals surface area contributed by atoms with Crippen molar-refractivity contribution in [3.8, 4) is 0 Å². The van der Waals surface area contributed by atoms with Gasteiger partial charge in [-0.25, -0.2) is 5.43 Å². The number of carbonyl (C=O) groups excluding carboxylic acids is 1. The number of aromatic nitrogens is 2. The smallest absolute Gasteiger partial charge is 0.250 e. The Kier molecular flexibility index (Phi) is 8.16. The van der Waals surface area contributed by atoms with Crippen molar-refractivity contribution in [1.82, 2.24) is 15.6 Å². The first kappa shape index (κ1) is 20.8. The summed E-state index contributed by atoms with van der Waals surface area (Å²) in [7, 11) is 0. The molecule has 0 atom stereocenters. The van der Waals surface area contributed by atoms with Gasteiger partial charge in [-0.15, -0.1) is 21.5 Å². The number of hydrogen-bond donors (Lipinski definition) is 1. The lowest BCUT2D eigenvalue weighted by Gasteiger charge is -2.00. The van der Waals surface area contributed by atoms with Crippen LogP contribution >= 0.6 is 73.7 Å². The summed E-state index contributed by atoms with van der Waals surface area (Å²) in [6, 6.07) is 11.6. The van der Waals surface area contributed by atoms with Gasteiger partial charge in [0, 0.05) is 15.7 Å². The average Bonchev–Trinajstić information content (AvgIpc) is 3.28. The van der Waals surface area contributed by atoms with Crippen molar-refractivity contribution in [3.05, 3.63) is 55.6 Å². The van der Waals surface area contributed by atoms with Crippen molar-refractivity contribution in [2.24, 2.45) is 5.10 Å². The van der Waals surface area contributed by atoms with Gasteiger partial charge in [-0.05, 0) is 39.7 Å². The minimum atomic E-state index is -0.188. The standard InChI is InChI=1S/C16H12BrClN4OS4/c17-13-6-5-11(26-13)7-19-20-14(23)9-25-16-22-21-15(27-16)24-8-10-3-1-2-4-12(10)18/h1-7H,8-9H2,(H,20,23)/b19-7+. The maximum atomic E-state index is 11.9. The lowest BCUT2D eigenvalue weighted by molar-refractivity contribution is -0.118. The summed E-state index contributed by atoms with van der Waals surface area (Å²) < 4.78 is 2.61. The van der Waals surface area contributed by atoms with Crippen molar-refractivity contribution in [2.75, 3.05) is 5.75 Å². The molecule has 0 aliphatic rings. The van der Waals surface area contributed by atoms with Gasteiger partial charge in [-0.1, -0.05) is 64.7 Å². The molecule has 0 aliphatic heterocycles. The van der Waals surface area contributed by atoms with Gasteiger partial charge in [0.2, 0.25) is 0 Å². The van der Waals surface area contributed by atoms with E-state index in [9.17, 15) is 4.79 Å². The van der Waals surface area contributed by atoms with Crippen molar-refractivity contribution < 1.29 is 4.79 Å². The predicted molar refractivity (Wildman–Crippen MR) is 119 cm³/mol. The Labute approximate surface area is 186 Å². The first-order chi connectivity index (χ1) is 13.1. The summed E-state index contributed by atoms with van der Waals surface area (Å²) in [4.78, 5) is 12.8. The second-order valence-corrected chi connectivity index (χ2v) is 11.3. The summed E-state index contributed by atoms with van der Waals surface area (Å²) in [5, 5.41) is 12.9. The Balaban J connectivity index is 1.41. The number of hydrogen-bond acceptors (Lipinski definition) is 8. The highest BCUT2D eigenvalue weighted by atomic mass is 79.9. The highest BCUT2D eigenvalue weighted by molar-refractivity contribution is 9.11. The monoisotopic (exact) mass is 518 g/mol. The van der Waals surface area contributed by atoms with E-state index in [1.807, 2.05) is 36.4 Å². The number of halogens is 2. The van der Waals surface area contributed by atoms with Gasteiger partial charge in [-0.3, -0.25) is 4.79 Å². The molecule has 0 unspecified atom stereocenters. The van der Waals surface area contributed by atoms with Crippen LogP contribution in [0.5, 0.6) is 0 Å². The molecule has 0 saturated heterocycles. The van der Waals surface area contributed by atoms with Crippen LogP contribution in [0.15, 0.2) is 54.0 Å². The number of nitrogens with one attached hydrogen (secondary N) is 1. The van der Waals surface area contributed by atoms with Crippen LogP contribution in [0.3, 0.4) is 0 Å². The zero-order chi connectivity index (χ0) is 19.1. The van der Waals surface area contributed by atoms with Crippen LogP contribution in [-0.2, 0) is 10.5 Å². The third-order valence-corrected chi connectivity index (χ3v) is 8.16. The van der Waals surface area contributed by atoms with E-state index < -0.39 is 0 Å². The van der Waals surface area contributed by atoms with Crippen molar-refractivity contribution >= 4 is 85.9 Å². The Morgan fingerprint density at radius 3 is 2.70 bits per heavy atom. The topological polar surface area (TPSA) is 67.2 Å². The zero-order valence-electron chi connectivity index (χ0n) is 13.6. The molecule has 0 radical (unpaired) electrons. The second-order valence-electron chi connectivity index (χ2n) is 4.94. The van der Waals surface area contributed by atoms with E-state index in [1.54, 1.807) is 18.0 Å². The molecular formula is C16H12BrClN4OS4. The van der Waals surface area contributed by atoms with E-state index in [2.05, 4.69) is 36.7 Å². The zero-order valence-corrected chi connectivity index (χ0v) is 19.2. The third kappa shape index (κ3) is 6.88. The Bertz CT molecular complexity index is 946. The first-order valence-electron chi connectivity index (χ1n) is 7.50. The lowest BCUT2D eigenvalue weighted by atomic mass is 10.2. The minimum absolute atomic E-state index is 0.188. The summed E-state index contributed by atoms with van der Waals surface area (Å²) in [5.41, 5.74) is 3.57. The molecule has 2 heterocycles. The molecule has 140 valence electrons. The highest BCUT2D eigenvalue weighted by Gasteiger charge is 2.09. The van der Waals surface area contributed by atoms with Gasteiger partial charge >= 0.3 is 0 Å². The van der Waals surface area contributed by atoms with E-state index in [4.69, 9.17) is 11.6 Å². The van der Waals surface area contributed by atoms with Gasteiger partial charge in [-0.2, -0.15) is 5.10 Å². The number of thiophene rings is 1. The summed E-state index contributed by atoms with van der Waals surface area (Å²) in [6.07, 6.45) is 1.62. The molecule has 1 amide bonds. The molecule has 0 fully saturated rings. The number of benzene rings is 1. The molecule has 11 heteroatoms. The first-order valence-corrected chi connectivity index (χ1v) is 12.3. The molecule has 3 aromatic rings. The molecule has 3 rings (SSSR count). The Morgan fingerprint density at radius 1 is 1.19 bits per heavy atom. The molecule has 1 aromatic carbocycles. The largest absolute Gasteiger partial charge is 0.272 e. The van der Waals surface area contributed by atoms with Gasteiger partial charge in [0.25, 0.3) is 5.91 Å². The lowest BCUT2D eigenvalue weighted by Crippen LogP contribution is -2.19. The van der Waals surface area contributed by atoms with Crippen LogP contribution in [0.1, 0.15) is 10.4 Å². The number of amides is 1. The molecular weight excluding hydrogens is 508 g/mol. The molecule has 0 saturated carbocycles. The molecule has 0 aliphatic carbocycles. The summed E-state index contributed by atoms with van der Waals surface area (Å²) in [5.74, 6) is 0.773. The Hall–Kier alpha value is -0.910. The quantitative estimate of drug-likeness (QED) is 0.240. The third-order valence-electron chi connectivity index (χ3n) is 3.00. The summed E-state index contributed by atoms with van der Waals surface area (Å²) >= 11 is 15.5. The van der Waals surface area contributed by atoms with Crippen molar-refractivity contribution in [3.63, 3.8) is 0 Å². The van der Waals surface area contributed by atoms with E-state index in [0.29, 0.717) is 0 Å².